The van der Waals surface area contributed by atoms with Gasteiger partial charge in [0.2, 0.25) is 11.8 Å². The Labute approximate surface area is 161 Å². The molecule has 0 saturated carbocycles. The molecule has 0 bridgehead atoms. The highest BCUT2D eigenvalue weighted by atomic mass is 16.2. The second-order valence-corrected chi connectivity index (χ2v) is 7.03. The Kier molecular flexibility index (Phi) is 10.3. The predicted molar refractivity (Wildman–Crippen MR) is 106 cm³/mol. The lowest BCUT2D eigenvalue weighted by molar-refractivity contribution is -0.130. The van der Waals surface area contributed by atoms with Crippen molar-refractivity contribution >= 4 is 17.6 Å². The van der Waals surface area contributed by atoms with Crippen molar-refractivity contribution in [2.45, 2.75) is 39.2 Å². The zero-order valence-electron chi connectivity index (χ0n) is 16.2. The lowest BCUT2D eigenvalue weighted by atomic mass is 9.96. The van der Waals surface area contributed by atoms with Crippen LogP contribution in [0.1, 0.15) is 32.3 Å². The van der Waals surface area contributed by atoms with Gasteiger partial charge in [0.05, 0.1) is 12.6 Å². The fourth-order valence-electron chi connectivity index (χ4n) is 2.80. The van der Waals surface area contributed by atoms with Crippen molar-refractivity contribution in [3.63, 3.8) is 0 Å². The molecule has 27 heavy (non-hydrogen) atoms. The van der Waals surface area contributed by atoms with Crippen LogP contribution in [0.4, 0.5) is 0 Å². The molecule has 2 unspecified atom stereocenters. The molecule has 0 spiro atoms. The van der Waals surface area contributed by atoms with Crippen LogP contribution in [-0.2, 0) is 20.8 Å². The number of hydrogen-bond acceptors (Lipinski definition) is 5. The summed E-state index contributed by atoms with van der Waals surface area (Å²) in [6.45, 7) is 4.07. The van der Waals surface area contributed by atoms with Gasteiger partial charge >= 0.3 is 0 Å². The largest absolute Gasteiger partial charge is 0.347 e. The van der Waals surface area contributed by atoms with E-state index in [-0.39, 0.29) is 36.5 Å². The highest BCUT2D eigenvalue weighted by Gasteiger charge is 2.22. The number of nitrogens with one attached hydrogen (secondary N) is 2. The molecule has 150 valence electrons. The Morgan fingerprint density at radius 2 is 1.70 bits per heavy atom. The Morgan fingerprint density at radius 3 is 2.26 bits per heavy atom. The van der Waals surface area contributed by atoms with Crippen molar-refractivity contribution in [1.82, 2.24) is 10.6 Å². The molecule has 0 aliphatic heterocycles. The fraction of sp³-hybridized carbons (Fsp3) is 0.550. The smallest absolute Gasteiger partial charge is 0.239 e. The maximum atomic E-state index is 12.1. The predicted octanol–water partition coefficient (Wildman–Crippen LogP) is 0.369. The Balaban J connectivity index is 2.44. The zero-order chi connectivity index (χ0) is 20.2. The van der Waals surface area contributed by atoms with Gasteiger partial charge < -0.3 is 22.1 Å². The van der Waals surface area contributed by atoms with E-state index in [2.05, 4.69) is 10.6 Å². The first-order chi connectivity index (χ1) is 12.9. The molecule has 0 aliphatic rings. The molecular formula is C20H32N4O3. The highest BCUT2D eigenvalue weighted by Crippen LogP contribution is 2.11. The van der Waals surface area contributed by atoms with E-state index < -0.39 is 11.9 Å². The van der Waals surface area contributed by atoms with E-state index >= 15 is 0 Å². The minimum atomic E-state index is -0.616. The summed E-state index contributed by atoms with van der Waals surface area (Å²) in [5.41, 5.74) is 12.4. The third-order valence-corrected chi connectivity index (χ3v) is 4.32. The van der Waals surface area contributed by atoms with E-state index in [1.807, 2.05) is 30.3 Å². The molecule has 2 amide bonds. The normalized spacial score (nSPS) is 13.1. The van der Waals surface area contributed by atoms with Crippen LogP contribution in [0.15, 0.2) is 30.3 Å². The van der Waals surface area contributed by atoms with Crippen LogP contribution >= 0.6 is 0 Å². The SMILES string of the molecule is CC(C)C(=O)C(CCN)NC(=O)CNC(=O)CC(CN)Cc1ccccc1. The second-order valence-electron chi connectivity index (χ2n) is 7.03. The Bertz CT molecular complexity index is 605. The number of amides is 2. The van der Waals surface area contributed by atoms with Crippen molar-refractivity contribution in [2.24, 2.45) is 23.3 Å². The van der Waals surface area contributed by atoms with Crippen molar-refractivity contribution in [3.8, 4) is 0 Å². The topological polar surface area (TPSA) is 127 Å². The van der Waals surface area contributed by atoms with Crippen LogP contribution in [0, 0.1) is 11.8 Å². The van der Waals surface area contributed by atoms with Gasteiger partial charge in [-0.25, -0.2) is 0 Å². The molecule has 7 heteroatoms. The molecular weight excluding hydrogens is 344 g/mol. The maximum Gasteiger partial charge on any atom is 0.239 e. The molecule has 7 nitrogen and oxygen atoms in total. The third-order valence-electron chi connectivity index (χ3n) is 4.32. The van der Waals surface area contributed by atoms with Crippen molar-refractivity contribution in [1.29, 1.82) is 0 Å². The third kappa shape index (κ3) is 8.79. The molecule has 0 aromatic heterocycles. The summed E-state index contributed by atoms with van der Waals surface area (Å²) < 4.78 is 0. The number of carbonyl (C=O) groups is 3. The molecule has 0 heterocycles. The van der Waals surface area contributed by atoms with Gasteiger partial charge in [-0.3, -0.25) is 14.4 Å². The van der Waals surface area contributed by atoms with E-state index in [9.17, 15) is 14.4 Å². The molecule has 0 saturated heterocycles. The minimum absolute atomic E-state index is 0.00275. The van der Waals surface area contributed by atoms with Crippen LogP contribution in [0.25, 0.3) is 0 Å². The summed E-state index contributed by atoms with van der Waals surface area (Å²) in [5, 5.41) is 5.25. The number of carbonyl (C=O) groups excluding carboxylic acids is 3. The summed E-state index contributed by atoms with van der Waals surface area (Å²) in [7, 11) is 0. The summed E-state index contributed by atoms with van der Waals surface area (Å²) in [6.07, 6.45) is 1.33. The number of nitrogens with two attached hydrogens (primary N) is 2. The summed E-state index contributed by atoms with van der Waals surface area (Å²) >= 11 is 0. The average Bonchev–Trinajstić information content (AvgIpc) is 2.65. The molecule has 1 aromatic rings. The first-order valence-corrected chi connectivity index (χ1v) is 9.41. The number of Topliss-reactive ketones (excluding diaryl/α,β-unsaturated/α-hetero) is 1. The molecule has 2 atom stereocenters. The van der Waals surface area contributed by atoms with Crippen molar-refractivity contribution < 1.29 is 14.4 Å². The molecule has 0 aliphatic carbocycles. The Hall–Kier alpha value is -2.25. The fourth-order valence-corrected chi connectivity index (χ4v) is 2.80. The first kappa shape index (κ1) is 22.8. The molecule has 1 aromatic carbocycles. The van der Waals surface area contributed by atoms with Gasteiger partial charge in [0.1, 0.15) is 0 Å². The van der Waals surface area contributed by atoms with Gasteiger partial charge in [0, 0.05) is 12.3 Å². The van der Waals surface area contributed by atoms with Gasteiger partial charge in [0.15, 0.2) is 5.78 Å². The number of rotatable bonds is 12. The maximum absolute atomic E-state index is 12.1. The van der Waals surface area contributed by atoms with E-state index in [0.29, 0.717) is 25.9 Å². The summed E-state index contributed by atoms with van der Waals surface area (Å²) in [4.78, 5) is 36.3. The van der Waals surface area contributed by atoms with Crippen LogP contribution in [0.5, 0.6) is 0 Å². The van der Waals surface area contributed by atoms with Gasteiger partial charge in [-0.05, 0) is 37.4 Å². The number of benzene rings is 1. The lowest BCUT2D eigenvalue weighted by Gasteiger charge is -2.19. The number of hydrogen-bond donors (Lipinski definition) is 4. The van der Waals surface area contributed by atoms with Gasteiger partial charge in [-0.15, -0.1) is 0 Å². The molecule has 0 fully saturated rings. The molecule has 6 N–H and O–H groups in total. The van der Waals surface area contributed by atoms with E-state index in [1.165, 1.54) is 0 Å². The van der Waals surface area contributed by atoms with Crippen molar-refractivity contribution in [2.75, 3.05) is 19.6 Å². The lowest BCUT2D eigenvalue weighted by Crippen LogP contribution is -2.47. The van der Waals surface area contributed by atoms with Gasteiger partial charge in [0.25, 0.3) is 0 Å². The molecule has 1 rings (SSSR count). The standard InChI is InChI=1S/C20H32N4O3/c1-14(2)20(27)17(8-9-21)24-19(26)13-23-18(25)11-16(12-22)10-15-6-4-3-5-7-15/h3-7,14,16-17H,8-13,21-22H2,1-2H3,(H,23,25)(H,24,26). The quantitative estimate of drug-likeness (QED) is 0.419. The van der Waals surface area contributed by atoms with Gasteiger partial charge in [-0.1, -0.05) is 44.2 Å². The van der Waals surface area contributed by atoms with Gasteiger partial charge in [-0.2, -0.15) is 0 Å². The monoisotopic (exact) mass is 376 g/mol. The minimum Gasteiger partial charge on any atom is -0.347 e. The summed E-state index contributed by atoms with van der Waals surface area (Å²) in [5.74, 6) is -0.890. The summed E-state index contributed by atoms with van der Waals surface area (Å²) in [6, 6.07) is 9.21. The highest BCUT2D eigenvalue weighted by molar-refractivity contribution is 5.91. The van der Waals surface area contributed by atoms with Crippen molar-refractivity contribution in [3.05, 3.63) is 35.9 Å². The van der Waals surface area contributed by atoms with Crippen LogP contribution < -0.4 is 22.1 Å². The van der Waals surface area contributed by atoms with E-state index in [1.54, 1.807) is 13.8 Å². The van der Waals surface area contributed by atoms with E-state index in [0.717, 1.165) is 5.56 Å². The first-order valence-electron chi connectivity index (χ1n) is 9.41. The van der Waals surface area contributed by atoms with Crippen LogP contribution in [-0.4, -0.2) is 43.3 Å². The van der Waals surface area contributed by atoms with Crippen LogP contribution in [0.3, 0.4) is 0 Å². The second kappa shape index (κ2) is 12.2. The Morgan fingerprint density at radius 1 is 1.04 bits per heavy atom. The van der Waals surface area contributed by atoms with E-state index in [4.69, 9.17) is 11.5 Å². The molecule has 0 radical (unpaired) electrons. The number of ketones is 1. The zero-order valence-corrected chi connectivity index (χ0v) is 16.2. The average molecular weight is 377 g/mol. The van der Waals surface area contributed by atoms with Crippen LogP contribution in [0.2, 0.25) is 0 Å².